The molecule has 0 fully saturated rings. The van der Waals surface area contributed by atoms with Crippen LogP contribution < -0.4 is 15.6 Å². The summed E-state index contributed by atoms with van der Waals surface area (Å²) in [6.07, 6.45) is 1.31. The van der Waals surface area contributed by atoms with E-state index in [0.717, 1.165) is 11.3 Å². The van der Waals surface area contributed by atoms with Gasteiger partial charge in [0, 0.05) is 5.69 Å². The van der Waals surface area contributed by atoms with E-state index in [1.54, 1.807) is 32.0 Å². The first-order chi connectivity index (χ1) is 15.1. The molecule has 32 heavy (non-hydrogen) atoms. The summed E-state index contributed by atoms with van der Waals surface area (Å²) in [5.74, 6) is -0.213. The number of carbonyl (C=O) groups excluding carboxylic acids is 2. The van der Waals surface area contributed by atoms with Gasteiger partial charge in [-0.2, -0.15) is 0 Å². The van der Waals surface area contributed by atoms with Crippen molar-refractivity contribution in [2.45, 2.75) is 33.7 Å². The molecule has 1 N–H and O–H groups in total. The zero-order chi connectivity index (χ0) is 23.6. The highest BCUT2D eigenvalue weighted by Gasteiger charge is 2.24. The van der Waals surface area contributed by atoms with Crippen molar-refractivity contribution in [1.29, 1.82) is 0 Å². The van der Waals surface area contributed by atoms with Gasteiger partial charge in [-0.3, -0.25) is 14.2 Å². The maximum Gasteiger partial charge on any atom is 0.348 e. The molecule has 2 aromatic heterocycles. The fourth-order valence-electron chi connectivity index (χ4n) is 3.03. The molecule has 0 saturated heterocycles. The number of anilines is 1. The van der Waals surface area contributed by atoms with Crippen LogP contribution >= 0.6 is 22.9 Å². The summed E-state index contributed by atoms with van der Waals surface area (Å²) < 4.78 is 11.6. The van der Waals surface area contributed by atoms with Crippen molar-refractivity contribution in [3.8, 4) is 5.75 Å². The highest BCUT2D eigenvalue weighted by molar-refractivity contribution is 7.20. The lowest BCUT2D eigenvalue weighted by atomic mass is 10.2. The van der Waals surface area contributed by atoms with Crippen LogP contribution in [0.4, 0.5) is 5.69 Å². The standard InChI is InChI=1S/C22H24ClN3O5S/c1-11(2)9-31-22(29)18-12(3)17-20(32-18)24-10-26(21(17)28)13(4)19(27)25-14-6-7-16(30-5)15(23)8-14/h6-8,10-11,13H,9H2,1-5H3,(H,25,27). The van der Waals surface area contributed by atoms with Crippen LogP contribution in [0.2, 0.25) is 5.02 Å². The molecule has 0 aliphatic carbocycles. The van der Waals surface area contributed by atoms with Crippen LogP contribution in [0.1, 0.15) is 42.0 Å². The Morgan fingerprint density at radius 2 is 2.00 bits per heavy atom. The number of hydrogen-bond acceptors (Lipinski definition) is 7. The number of halogens is 1. The van der Waals surface area contributed by atoms with E-state index >= 15 is 0 Å². The number of rotatable bonds is 7. The topological polar surface area (TPSA) is 99.5 Å². The monoisotopic (exact) mass is 477 g/mol. The molecule has 10 heteroatoms. The largest absolute Gasteiger partial charge is 0.495 e. The number of esters is 1. The number of nitrogens with one attached hydrogen (secondary N) is 1. The van der Waals surface area contributed by atoms with E-state index in [4.69, 9.17) is 21.1 Å². The Balaban J connectivity index is 1.88. The smallest absolute Gasteiger partial charge is 0.348 e. The van der Waals surface area contributed by atoms with Crippen LogP contribution in [-0.2, 0) is 9.53 Å². The van der Waals surface area contributed by atoms with E-state index in [-0.39, 0.29) is 12.5 Å². The van der Waals surface area contributed by atoms with Gasteiger partial charge < -0.3 is 14.8 Å². The van der Waals surface area contributed by atoms with Crippen molar-refractivity contribution < 1.29 is 19.1 Å². The minimum absolute atomic E-state index is 0.198. The van der Waals surface area contributed by atoms with E-state index in [1.165, 1.54) is 18.0 Å². The average Bonchev–Trinajstić information content (AvgIpc) is 3.09. The number of nitrogens with zero attached hydrogens (tertiary/aromatic N) is 2. The van der Waals surface area contributed by atoms with E-state index in [2.05, 4.69) is 10.3 Å². The molecule has 0 bridgehead atoms. The Hall–Kier alpha value is -2.91. The number of carbonyl (C=O) groups is 2. The highest BCUT2D eigenvalue weighted by Crippen LogP contribution is 2.29. The molecule has 0 spiro atoms. The Morgan fingerprint density at radius 3 is 2.62 bits per heavy atom. The number of methoxy groups -OCH3 is 1. The Kier molecular flexibility index (Phi) is 7.20. The number of aryl methyl sites for hydroxylation is 1. The van der Waals surface area contributed by atoms with Gasteiger partial charge >= 0.3 is 5.97 Å². The van der Waals surface area contributed by atoms with Gasteiger partial charge in [-0.1, -0.05) is 25.4 Å². The molecule has 0 aliphatic rings. The van der Waals surface area contributed by atoms with Gasteiger partial charge in [0.15, 0.2) is 0 Å². The third kappa shape index (κ3) is 4.78. The third-order valence-corrected chi connectivity index (χ3v) is 6.30. The molecule has 1 aromatic carbocycles. The van der Waals surface area contributed by atoms with Gasteiger partial charge in [-0.25, -0.2) is 9.78 Å². The number of benzene rings is 1. The molecule has 1 atom stereocenters. The number of ether oxygens (including phenoxy) is 2. The van der Waals surface area contributed by atoms with Crippen molar-refractivity contribution in [3.05, 3.63) is 50.3 Å². The van der Waals surface area contributed by atoms with E-state index in [9.17, 15) is 14.4 Å². The summed E-state index contributed by atoms with van der Waals surface area (Å²) in [5, 5.41) is 3.39. The maximum atomic E-state index is 13.1. The van der Waals surface area contributed by atoms with Crippen LogP contribution in [0.3, 0.4) is 0 Å². The van der Waals surface area contributed by atoms with Crippen LogP contribution in [-0.4, -0.2) is 35.1 Å². The summed E-state index contributed by atoms with van der Waals surface area (Å²) in [6, 6.07) is 4.00. The second kappa shape index (κ2) is 9.70. The zero-order valence-corrected chi connectivity index (χ0v) is 20.0. The van der Waals surface area contributed by atoms with Crippen LogP contribution in [0.15, 0.2) is 29.3 Å². The third-order valence-electron chi connectivity index (χ3n) is 4.83. The quantitative estimate of drug-likeness (QED) is 0.505. The molecule has 3 rings (SSSR count). The van der Waals surface area contributed by atoms with E-state index in [1.807, 2.05) is 13.8 Å². The Bertz CT molecular complexity index is 1230. The molecule has 0 aliphatic heterocycles. The molecule has 3 aromatic rings. The molecule has 1 amide bonds. The fraction of sp³-hybridized carbons (Fsp3) is 0.364. The lowest BCUT2D eigenvalue weighted by Crippen LogP contribution is -2.31. The van der Waals surface area contributed by atoms with E-state index in [0.29, 0.717) is 37.1 Å². The first-order valence-corrected chi connectivity index (χ1v) is 11.1. The average molecular weight is 478 g/mol. The predicted molar refractivity (Wildman–Crippen MR) is 125 cm³/mol. The second-order valence-electron chi connectivity index (χ2n) is 7.70. The fourth-order valence-corrected chi connectivity index (χ4v) is 4.32. The number of hydrogen-bond donors (Lipinski definition) is 1. The van der Waals surface area contributed by atoms with Crippen LogP contribution in [0, 0.1) is 12.8 Å². The minimum Gasteiger partial charge on any atom is -0.495 e. The number of amides is 1. The van der Waals surface area contributed by atoms with Crippen molar-refractivity contribution in [2.24, 2.45) is 5.92 Å². The van der Waals surface area contributed by atoms with E-state index < -0.39 is 23.5 Å². The van der Waals surface area contributed by atoms with Crippen molar-refractivity contribution in [1.82, 2.24) is 9.55 Å². The maximum absolute atomic E-state index is 13.1. The first-order valence-electron chi connectivity index (χ1n) is 9.95. The van der Waals surface area contributed by atoms with Gasteiger partial charge in [0.2, 0.25) is 5.91 Å². The molecule has 170 valence electrons. The van der Waals surface area contributed by atoms with Crippen molar-refractivity contribution >= 4 is 50.7 Å². The summed E-state index contributed by atoms with van der Waals surface area (Å²) in [4.78, 5) is 43.4. The van der Waals surface area contributed by atoms with Gasteiger partial charge in [0.1, 0.15) is 21.5 Å². The molecule has 0 radical (unpaired) electrons. The number of fused-ring (bicyclic) bond motifs is 1. The highest BCUT2D eigenvalue weighted by atomic mass is 35.5. The normalized spacial score (nSPS) is 12.1. The Labute approximate surface area is 194 Å². The summed E-state index contributed by atoms with van der Waals surface area (Å²) >= 11 is 7.22. The van der Waals surface area contributed by atoms with Gasteiger partial charge in [0.25, 0.3) is 5.56 Å². The summed E-state index contributed by atoms with van der Waals surface area (Å²) in [5.41, 5.74) is 0.568. The second-order valence-corrected chi connectivity index (χ2v) is 9.11. The molecule has 8 nitrogen and oxygen atoms in total. The van der Waals surface area contributed by atoms with Crippen LogP contribution in [0.25, 0.3) is 10.2 Å². The predicted octanol–water partition coefficient (Wildman–Crippen LogP) is 4.44. The molecule has 1 unspecified atom stereocenters. The lowest BCUT2D eigenvalue weighted by Gasteiger charge is -2.15. The number of aromatic nitrogens is 2. The molecular weight excluding hydrogens is 454 g/mol. The van der Waals surface area contributed by atoms with Gasteiger partial charge in [-0.15, -0.1) is 11.3 Å². The Morgan fingerprint density at radius 1 is 1.28 bits per heavy atom. The minimum atomic E-state index is -0.851. The van der Waals surface area contributed by atoms with Gasteiger partial charge in [0.05, 0.1) is 30.5 Å². The molecule has 0 saturated carbocycles. The zero-order valence-electron chi connectivity index (χ0n) is 18.4. The SMILES string of the molecule is COc1ccc(NC(=O)C(C)n2cnc3sc(C(=O)OCC(C)C)c(C)c3c2=O)cc1Cl. The molecule has 2 heterocycles. The molecular formula is C22H24ClN3O5S. The lowest BCUT2D eigenvalue weighted by molar-refractivity contribution is -0.118. The van der Waals surface area contributed by atoms with Crippen molar-refractivity contribution in [2.75, 3.05) is 19.0 Å². The summed E-state index contributed by atoms with van der Waals surface area (Å²) in [6.45, 7) is 7.45. The van der Waals surface area contributed by atoms with Crippen LogP contribution in [0.5, 0.6) is 5.75 Å². The number of thiophene rings is 1. The summed E-state index contributed by atoms with van der Waals surface area (Å²) in [7, 11) is 1.50. The van der Waals surface area contributed by atoms with Gasteiger partial charge in [-0.05, 0) is 43.5 Å². The van der Waals surface area contributed by atoms with Crippen molar-refractivity contribution in [3.63, 3.8) is 0 Å². The first kappa shape index (κ1) is 23.7.